The number of carbonyl (C=O) groups is 1. The Morgan fingerprint density at radius 3 is 2.26 bits per heavy atom. The van der Waals surface area contributed by atoms with Crippen LogP contribution >= 0.6 is 0 Å². The second-order valence-corrected chi connectivity index (χ2v) is 10.1. The number of alkyl carbamates (subject to hydrolysis) is 1. The molecule has 1 heterocycles. The quantitative estimate of drug-likeness (QED) is 0.577. The van der Waals surface area contributed by atoms with E-state index >= 15 is 0 Å². The Morgan fingerprint density at radius 2 is 1.62 bits per heavy atom. The van der Waals surface area contributed by atoms with Gasteiger partial charge in [0.2, 0.25) is 10.0 Å². The number of amides is 1. The van der Waals surface area contributed by atoms with Crippen LogP contribution in [0.2, 0.25) is 0 Å². The van der Waals surface area contributed by atoms with Gasteiger partial charge in [0.15, 0.2) is 0 Å². The Morgan fingerprint density at radius 1 is 0.971 bits per heavy atom. The third-order valence-corrected chi connectivity index (χ3v) is 7.89. The third-order valence-electron chi connectivity index (χ3n) is 6.00. The summed E-state index contributed by atoms with van der Waals surface area (Å²) < 4.78 is 33.7. The monoisotopic (exact) mass is 475 g/mol. The maximum absolute atomic E-state index is 13.2. The first-order chi connectivity index (χ1) is 16.4. The van der Waals surface area contributed by atoms with E-state index in [4.69, 9.17) is 10.00 Å². The predicted octanol–water partition coefficient (Wildman–Crippen LogP) is 4.16. The van der Waals surface area contributed by atoms with Crippen LogP contribution in [0.5, 0.6) is 0 Å². The van der Waals surface area contributed by atoms with Crippen molar-refractivity contribution in [2.24, 2.45) is 0 Å². The van der Waals surface area contributed by atoms with Gasteiger partial charge in [-0.1, -0.05) is 66.7 Å². The first-order valence-corrected chi connectivity index (χ1v) is 12.4. The maximum Gasteiger partial charge on any atom is 0.408 e. The Hall–Kier alpha value is -3.67. The van der Waals surface area contributed by atoms with Crippen LogP contribution in [-0.2, 0) is 26.9 Å². The highest BCUT2D eigenvalue weighted by molar-refractivity contribution is 7.89. The van der Waals surface area contributed by atoms with Crippen molar-refractivity contribution in [3.63, 3.8) is 0 Å². The minimum atomic E-state index is -3.78. The van der Waals surface area contributed by atoms with Crippen molar-refractivity contribution in [3.05, 3.63) is 102 Å². The first kappa shape index (κ1) is 23.5. The van der Waals surface area contributed by atoms with Crippen molar-refractivity contribution in [2.75, 3.05) is 13.1 Å². The summed E-state index contributed by atoms with van der Waals surface area (Å²) in [5.74, 6) is 0. The van der Waals surface area contributed by atoms with Crippen LogP contribution in [0.15, 0.2) is 89.8 Å². The lowest BCUT2D eigenvalue weighted by Crippen LogP contribution is -2.48. The van der Waals surface area contributed by atoms with Gasteiger partial charge < -0.3 is 10.1 Å². The van der Waals surface area contributed by atoms with Gasteiger partial charge in [0.25, 0.3) is 0 Å². The van der Waals surface area contributed by atoms with Crippen LogP contribution in [-0.4, -0.2) is 31.9 Å². The molecule has 0 aromatic heterocycles. The fourth-order valence-electron chi connectivity index (χ4n) is 4.14. The number of sulfonamides is 1. The number of nitriles is 1. The van der Waals surface area contributed by atoms with E-state index in [0.717, 1.165) is 11.1 Å². The number of carbonyl (C=O) groups excluding carboxylic acids is 1. The van der Waals surface area contributed by atoms with Crippen molar-refractivity contribution in [2.45, 2.75) is 29.9 Å². The van der Waals surface area contributed by atoms with Gasteiger partial charge in [-0.05, 0) is 29.3 Å². The summed E-state index contributed by atoms with van der Waals surface area (Å²) in [7, 11) is -3.78. The summed E-state index contributed by atoms with van der Waals surface area (Å²) in [6.07, 6.45) is 0.0746. The smallest absolute Gasteiger partial charge is 0.408 e. The van der Waals surface area contributed by atoms with Gasteiger partial charge in [-0.3, -0.25) is 0 Å². The number of hydrogen-bond donors (Lipinski definition) is 1. The van der Waals surface area contributed by atoms with Crippen LogP contribution in [0.3, 0.4) is 0 Å². The van der Waals surface area contributed by atoms with E-state index in [9.17, 15) is 13.2 Å². The lowest BCUT2D eigenvalue weighted by atomic mass is 9.85. The Balaban J connectivity index is 1.51. The molecule has 0 bridgehead atoms. The minimum Gasteiger partial charge on any atom is -0.438 e. The van der Waals surface area contributed by atoms with Crippen LogP contribution in [0, 0.1) is 11.3 Å². The van der Waals surface area contributed by atoms with E-state index in [1.165, 1.54) is 16.4 Å². The van der Waals surface area contributed by atoms with Gasteiger partial charge in [0, 0.05) is 32.5 Å². The SMILES string of the molecule is N#Cc1cccc(S(=O)(=O)N2CCC(OC(=O)NCc3ccccc3)(c3ccccc3)CC2)c1. The van der Waals surface area contributed by atoms with Gasteiger partial charge in [0.1, 0.15) is 5.60 Å². The molecule has 8 heteroatoms. The van der Waals surface area contributed by atoms with E-state index < -0.39 is 21.7 Å². The number of rotatable bonds is 6. The second-order valence-electron chi connectivity index (χ2n) is 8.13. The average molecular weight is 476 g/mol. The number of piperidine rings is 1. The predicted molar refractivity (Wildman–Crippen MR) is 127 cm³/mol. The van der Waals surface area contributed by atoms with Gasteiger partial charge in [-0.15, -0.1) is 0 Å². The molecule has 0 radical (unpaired) electrons. The fourth-order valence-corrected chi connectivity index (χ4v) is 5.63. The van der Waals surface area contributed by atoms with Crippen molar-refractivity contribution in [1.82, 2.24) is 9.62 Å². The molecule has 4 rings (SSSR count). The van der Waals surface area contributed by atoms with Crippen molar-refractivity contribution in [1.29, 1.82) is 5.26 Å². The Kier molecular flexibility index (Phi) is 6.96. The molecule has 0 unspecified atom stereocenters. The molecular formula is C26H25N3O4S. The summed E-state index contributed by atoms with van der Waals surface area (Å²) in [4.78, 5) is 12.8. The molecule has 174 valence electrons. The zero-order chi connectivity index (χ0) is 24.0. The highest BCUT2D eigenvalue weighted by Gasteiger charge is 2.42. The number of ether oxygens (including phenoxy) is 1. The van der Waals surface area contributed by atoms with Gasteiger partial charge >= 0.3 is 6.09 Å². The fraction of sp³-hybridized carbons (Fsp3) is 0.231. The molecule has 0 saturated carbocycles. The zero-order valence-corrected chi connectivity index (χ0v) is 19.4. The van der Waals surface area contributed by atoms with Crippen LogP contribution in [0.1, 0.15) is 29.5 Å². The first-order valence-electron chi connectivity index (χ1n) is 11.0. The van der Waals surface area contributed by atoms with Crippen LogP contribution in [0.25, 0.3) is 0 Å². The standard InChI is InChI=1S/C26H25N3O4S/c27-19-22-10-7-13-24(18-22)34(31,32)29-16-14-26(15-17-29,23-11-5-2-6-12-23)33-25(30)28-20-21-8-3-1-4-9-21/h1-13,18H,14-17,20H2,(H,28,30). The Bertz CT molecular complexity index is 1280. The van der Waals surface area contributed by atoms with E-state index in [1.807, 2.05) is 66.7 Å². The molecule has 0 aliphatic carbocycles. The highest BCUT2D eigenvalue weighted by atomic mass is 32.2. The molecule has 7 nitrogen and oxygen atoms in total. The largest absolute Gasteiger partial charge is 0.438 e. The number of benzene rings is 3. The van der Waals surface area contributed by atoms with E-state index in [0.29, 0.717) is 19.4 Å². The lowest BCUT2D eigenvalue weighted by molar-refractivity contribution is -0.0279. The molecular weight excluding hydrogens is 450 g/mol. The van der Waals surface area contributed by atoms with Crippen LogP contribution < -0.4 is 5.32 Å². The van der Waals surface area contributed by atoms with Gasteiger partial charge in [-0.2, -0.15) is 9.57 Å². The normalized spacial score (nSPS) is 15.7. The topological polar surface area (TPSA) is 99.5 Å². The summed E-state index contributed by atoms with van der Waals surface area (Å²) in [6.45, 7) is 0.695. The summed E-state index contributed by atoms with van der Waals surface area (Å²) >= 11 is 0. The number of nitrogens with zero attached hydrogens (tertiary/aromatic N) is 2. The third kappa shape index (κ3) is 5.11. The number of hydrogen-bond acceptors (Lipinski definition) is 5. The molecule has 1 N–H and O–H groups in total. The lowest BCUT2D eigenvalue weighted by Gasteiger charge is -2.41. The van der Waals surface area contributed by atoms with Gasteiger partial charge in [0.05, 0.1) is 16.5 Å². The molecule has 3 aromatic carbocycles. The summed E-state index contributed by atoms with van der Waals surface area (Å²) in [6, 6.07) is 26.9. The average Bonchev–Trinajstić information content (AvgIpc) is 2.89. The molecule has 0 atom stereocenters. The van der Waals surface area contributed by atoms with Crippen molar-refractivity contribution < 1.29 is 17.9 Å². The summed E-state index contributed by atoms with van der Waals surface area (Å²) in [5, 5.41) is 11.9. The molecule has 1 aliphatic rings. The maximum atomic E-state index is 13.2. The molecule has 1 fully saturated rings. The zero-order valence-electron chi connectivity index (χ0n) is 18.6. The number of nitrogens with one attached hydrogen (secondary N) is 1. The Labute approximate surface area is 199 Å². The highest BCUT2D eigenvalue weighted by Crippen LogP contribution is 2.38. The van der Waals surface area contributed by atoms with E-state index in [1.54, 1.807) is 12.1 Å². The molecule has 34 heavy (non-hydrogen) atoms. The molecule has 0 spiro atoms. The summed E-state index contributed by atoms with van der Waals surface area (Å²) in [5.41, 5.74) is 1.12. The van der Waals surface area contributed by atoms with Crippen LogP contribution in [0.4, 0.5) is 4.79 Å². The van der Waals surface area contributed by atoms with Crippen molar-refractivity contribution >= 4 is 16.1 Å². The van der Waals surface area contributed by atoms with E-state index in [2.05, 4.69) is 5.32 Å². The minimum absolute atomic E-state index is 0.0836. The molecule has 3 aromatic rings. The van der Waals surface area contributed by atoms with E-state index in [-0.39, 0.29) is 23.5 Å². The molecule has 1 saturated heterocycles. The molecule has 1 aliphatic heterocycles. The second kappa shape index (κ2) is 10.1. The van der Waals surface area contributed by atoms with Gasteiger partial charge in [-0.25, -0.2) is 13.2 Å². The van der Waals surface area contributed by atoms with Crippen molar-refractivity contribution in [3.8, 4) is 6.07 Å². The molecule has 1 amide bonds.